The Morgan fingerprint density at radius 2 is 1.34 bits per heavy atom. The van der Waals surface area contributed by atoms with Crippen LogP contribution in [0.25, 0.3) is 0 Å². The number of fused-ring (bicyclic) bond motifs is 2. The van der Waals surface area contributed by atoms with Gasteiger partial charge >= 0.3 is 0 Å². The molecule has 1 aliphatic carbocycles. The molecule has 1 heterocycles. The molecule has 4 heteroatoms. The van der Waals surface area contributed by atoms with Crippen LogP contribution in [0.4, 0.5) is 0 Å². The Morgan fingerprint density at radius 3 is 1.90 bits per heavy atom. The van der Waals surface area contributed by atoms with Crippen molar-refractivity contribution < 1.29 is 9.53 Å². The number of unbranched alkanes of at least 4 members (excludes halogenated alkanes) is 16. The van der Waals surface area contributed by atoms with Gasteiger partial charge in [-0.1, -0.05) is 159 Å². The second kappa shape index (κ2) is 20.7. The number of rotatable bonds is 23. The third-order valence-electron chi connectivity index (χ3n) is 8.80. The molecule has 0 amide bonds. The van der Waals surface area contributed by atoms with Crippen molar-refractivity contribution in [3.05, 3.63) is 46.5 Å². The average molecular weight is 601 g/mol. The molecule has 0 spiro atoms. The zero-order chi connectivity index (χ0) is 29.1. The highest BCUT2D eigenvalue weighted by atomic mass is 35.5. The van der Waals surface area contributed by atoms with Crippen molar-refractivity contribution in [1.82, 2.24) is 0 Å². The van der Waals surface area contributed by atoms with Gasteiger partial charge in [0.05, 0.1) is 27.3 Å². The third-order valence-corrected chi connectivity index (χ3v) is 10.4. The van der Waals surface area contributed by atoms with Crippen molar-refractivity contribution in [3.8, 4) is 5.75 Å². The van der Waals surface area contributed by atoms with Crippen molar-refractivity contribution in [3.63, 3.8) is 0 Å². The zero-order valence-electron chi connectivity index (χ0n) is 26.2. The lowest BCUT2D eigenvalue weighted by atomic mass is 9.94. The van der Waals surface area contributed by atoms with Gasteiger partial charge in [0.25, 0.3) is 0 Å². The number of allylic oxidation sites excluding steroid dienone is 2. The number of hydrogen-bond acceptors (Lipinski definition) is 3. The van der Waals surface area contributed by atoms with Gasteiger partial charge in [0.15, 0.2) is 5.78 Å². The Morgan fingerprint density at radius 1 is 0.805 bits per heavy atom. The molecule has 2 nitrogen and oxygen atoms in total. The van der Waals surface area contributed by atoms with Crippen LogP contribution in [0.2, 0.25) is 5.02 Å². The quantitative estimate of drug-likeness (QED) is 0.0922. The van der Waals surface area contributed by atoms with E-state index < -0.39 is 0 Å². The Bertz CT molecular complexity index is 953. The summed E-state index contributed by atoms with van der Waals surface area (Å²) in [5.41, 5.74) is 1.51. The number of hydrogen-bond donors (Lipinski definition) is 0. The molecule has 0 N–H and O–H groups in total. The van der Waals surface area contributed by atoms with E-state index in [9.17, 15) is 4.79 Å². The van der Waals surface area contributed by atoms with Crippen LogP contribution in [-0.2, 0) is 0 Å². The topological polar surface area (TPSA) is 26.3 Å². The summed E-state index contributed by atoms with van der Waals surface area (Å²) < 4.78 is 6.54. The molecule has 41 heavy (non-hydrogen) atoms. The summed E-state index contributed by atoms with van der Waals surface area (Å²) in [6.45, 7) is 5.31. The van der Waals surface area contributed by atoms with Gasteiger partial charge in [-0.3, -0.25) is 4.79 Å². The van der Waals surface area contributed by atoms with E-state index in [2.05, 4.69) is 32.1 Å². The first-order valence-corrected chi connectivity index (χ1v) is 18.4. The van der Waals surface area contributed by atoms with E-state index in [0.717, 1.165) is 29.2 Å². The number of halogens is 1. The maximum absolute atomic E-state index is 13.3. The van der Waals surface area contributed by atoms with Crippen LogP contribution in [0, 0.1) is 5.92 Å². The number of carbonyl (C=O) groups excluding carboxylic acids is 1. The minimum Gasteiger partial charge on any atom is -0.492 e. The maximum atomic E-state index is 13.3. The Kier molecular flexibility index (Phi) is 17.3. The van der Waals surface area contributed by atoms with E-state index in [4.69, 9.17) is 16.3 Å². The molecule has 0 saturated carbocycles. The summed E-state index contributed by atoms with van der Waals surface area (Å²) >= 11 is 8.28. The highest BCUT2D eigenvalue weighted by molar-refractivity contribution is 8.00. The smallest absolute Gasteiger partial charge is 0.192 e. The van der Waals surface area contributed by atoms with Crippen LogP contribution < -0.4 is 4.74 Å². The predicted octanol–water partition coefficient (Wildman–Crippen LogP) is 12.7. The summed E-state index contributed by atoms with van der Waals surface area (Å²) in [4.78, 5) is 14.2. The van der Waals surface area contributed by atoms with E-state index in [1.165, 1.54) is 128 Å². The van der Waals surface area contributed by atoms with E-state index >= 15 is 0 Å². The number of Topliss-reactive ketones (excluding diaryl/α,β-unsaturated/α-hetero) is 1. The first-order valence-electron chi connectivity index (χ1n) is 17.2. The van der Waals surface area contributed by atoms with Crippen molar-refractivity contribution in [1.29, 1.82) is 0 Å². The highest BCUT2D eigenvalue weighted by Crippen LogP contribution is 2.47. The fourth-order valence-corrected chi connectivity index (χ4v) is 7.84. The second-order valence-electron chi connectivity index (χ2n) is 12.4. The summed E-state index contributed by atoms with van der Waals surface area (Å²) in [6, 6.07) is 3.83. The third kappa shape index (κ3) is 12.1. The maximum Gasteiger partial charge on any atom is 0.192 e. The molecule has 3 rings (SSSR count). The zero-order valence-corrected chi connectivity index (χ0v) is 27.8. The molecule has 2 aliphatic rings. The molecule has 230 valence electrons. The highest BCUT2D eigenvalue weighted by Gasteiger charge is 2.34. The molecule has 0 bridgehead atoms. The van der Waals surface area contributed by atoms with Crippen molar-refractivity contribution >= 4 is 29.1 Å². The van der Waals surface area contributed by atoms with Gasteiger partial charge in [-0.05, 0) is 37.3 Å². The van der Waals surface area contributed by atoms with Crippen LogP contribution in [0.3, 0.4) is 0 Å². The SMILES string of the molecule is CCCCCCCCCCCCC(CCCCCCCCCC)COc1ccc(Cl)c2c1SC1C=CCC=C1C2=O. The van der Waals surface area contributed by atoms with E-state index in [1.54, 1.807) is 11.8 Å². The fourth-order valence-electron chi connectivity index (χ4n) is 6.20. The minimum absolute atomic E-state index is 0.0735. The van der Waals surface area contributed by atoms with Crippen molar-refractivity contribution in [2.24, 2.45) is 5.92 Å². The first-order chi connectivity index (χ1) is 20.2. The summed E-state index contributed by atoms with van der Waals surface area (Å²) in [5, 5.41) is 0.615. The van der Waals surface area contributed by atoms with Crippen LogP contribution in [0.1, 0.15) is 159 Å². The Hall–Kier alpha value is -1.19. The van der Waals surface area contributed by atoms with Crippen molar-refractivity contribution in [2.75, 3.05) is 6.61 Å². The normalized spacial score (nSPS) is 16.8. The van der Waals surface area contributed by atoms with Crippen molar-refractivity contribution in [2.45, 2.75) is 159 Å². The second-order valence-corrected chi connectivity index (χ2v) is 13.9. The van der Waals surface area contributed by atoms with Crippen LogP contribution in [0.5, 0.6) is 5.75 Å². The summed E-state index contributed by atoms with van der Waals surface area (Å²) in [7, 11) is 0. The molecule has 1 aliphatic heterocycles. The molecule has 2 atom stereocenters. The van der Waals surface area contributed by atoms with Gasteiger partial charge in [0.1, 0.15) is 5.75 Å². The molecule has 0 fully saturated rings. The molecular formula is C37H57ClO2S. The molecular weight excluding hydrogens is 544 g/mol. The number of thioether (sulfide) groups is 1. The number of benzene rings is 1. The monoisotopic (exact) mass is 600 g/mol. The standard InChI is InChI=1S/C37H57ClO2S/c1-3-5-7-9-11-13-14-16-18-20-24-30(23-19-17-15-12-10-8-6-4-2)29-40-33-28-27-32(38)35-36(39)31-25-21-22-26-34(31)41-37(33)35/h22,25-28,30,34H,3-21,23-24,29H2,1-2H3. The van der Waals surface area contributed by atoms with E-state index in [1.807, 2.05) is 12.1 Å². The van der Waals surface area contributed by atoms with Gasteiger partial charge in [-0.25, -0.2) is 0 Å². The van der Waals surface area contributed by atoms with Gasteiger partial charge < -0.3 is 4.74 Å². The Balaban J connectivity index is 1.49. The minimum atomic E-state index is 0.0735. The number of ether oxygens (including phenoxy) is 1. The van der Waals surface area contributed by atoms with Crippen LogP contribution in [0.15, 0.2) is 40.8 Å². The van der Waals surface area contributed by atoms with Crippen LogP contribution >= 0.6 is 23.4 Å². The molecule has 2 unspecified atom stereocenters. The Labute approximate surface area is 261 Å². The van der Waals surface area contributed by atoms with Gasteiger partial charge in [-0.2, -0.15) is 0 Å². The van der Waals surface area contributed by atoms with Gasteiger partial charge in [0.2, 0.25) is 0 Å². The fraction of sp³-hybridized carbons (Fsp3) is 0.703. The van der Waals surface area contributed by atoms with E-state index in [0.29, 0.717) is 16.5 Å². The van der Waals surface area contributed by atoms with Crippen LogP contribution in [-0.4, -0.2) is 17.6 Å². The first kappa shape index (κ1) is 34.3. The molecule has 1 aromatic rings. The number of carbonyl (C=O) groups is 1. The average Bonchev–Trinajstić information content (AvgIpc) is 2.98. The lowest BCUT2D eigenvalue weighted by molar-refractivity contribution is 0.102. The predicted molar refractivity (Wildman–Crippen MR) is 180 cm³/mol. The molecule has 0 saturated heterocycles. The molecule has 0 aromatic heterocycles. The molecule has 0 radical (unpaired) electrons. The van der Waals surface area contributed by atoms with E-state index in [-0.39, 0.29) is 11.0 Å². The van der Waals surface area contributed by atoms with Gasteiger partial charge in [-0.15, -0.1) is 11.8 Å². The number of ketones is 1. The lowest BCUT2D eigenvalue weighted by Crippen LogP contribution is -2.23. The summed E-state index contributed by atoms with van der Waals surface area (Å²) in [5.74, 6) is 1.49. The molecule has 1 aromatic carbocycles. The van der Waals surface area contributed by atoms with Gasteiger partial charge in [0, 0.05) is 5.57 Å². The summed E-state index contributed by atoms with van der Waals surface area (Å²) in [6.07, 6.45) is 34.3. The largest absolute Gasteiger partial charge is 0.492 e. The lowest BCUT2D eigenvalue weighted by Gasteiger charge is -2.28.